The van der Waals surface area contributed by atoms with Crippen LogP contribution in [0.3, 0.4) is 0 Å². The summed E-state index contributed by atoms with van der Waals surface area (Å²) < 4.78 is 4.26. The van der Waals surface area contributed by atoms with Gasteiger partial charge in [0.1, 0.15) is 4.33 Å². The highest BCUT2D eigenvalue weighted by Gasteiger charge is 2.52. The lowest BCUT2D eigenvalue weighted by Gasteiger charge is -2.03. The summed E-state index contributed by atoms with van der Waals surface area (Å²) in [7, 11) is 0. The van der Waals surface area contributed by atoms with Gasteiger partial charge in [-0.05, 0) is 30.2 Å². The van der Waals surface area contributed by atoms with Gasteiger partial charge in [0.15, 0.2) is 0 Å². The highest BCUT2D eigenvalue weighted by molar-refractivity contribution is 6.50. The molecular formula is C17H15Cl2NO5. The van der Waals surface area contributed by atoms with Gasteiger partial charge in [0.2, 0.25) is 5.91 Å². The summed E-state index contributed by atoms with van der Waals surface area (Å²) in [5.74, 6) is -2.34. The van der Waals surface area contributed by atoms with Gasteiger partial charge in [0, 0.05) is 29.8 Å². The maximum absolute atomic E-state index is 11.6. The number of aliphatic carboxylic acids is 1. The van der Waals surface area contributed by atoms with Crippen LogP contribution < -0.4 is 5.32 Å². The monoisotopic (exact) mass is 383 g/mol. The molecule has 0 aliphatic heterocycles. The lowest BCUT2D eigenvalue weighted by atomic mass is 10.2. The maximum Gasteiger partial charge on any atom is 0.330 e. The molecule has 0 saturated heterocycles. The molecule has 0 aromatic heterocycles. The number of nitrogens with one attached hydrogen (secondary N) is 1. The standard InChI is InChI=1S/C17H15Cl2NO5/c18-17(19)9-12(17)10-25-16(24)7-4-11-2-1-3-13(8-11)20-14(21)5-6-15(22)23/h1-8,12H,9-10H2,(H,20,21)(H,22,23)/b6-5-,7-4+. The molecule has 1 unspecified atom stereocenters. The zero-order valence-corrected chi connectivity index (χ0v) is 14.5. The van der Waals surface area contributed by atoms with E-state index in [1.54, 1.807) is 24.3 Å². The molecule has 1 aliphatic carbocycles. The van der Waals surface area contributed by atoms with Crippen LogP contribution >= 0.6 is 23.2 Å². The van der Waals surface area contributed by atoms with E-state index in [2.05, 4.69) is 5.32 Å². The molecule has 0 heterocycles. The van der Waals surface area contributed by atoms with Crippen molar-refractivity contribution in [1.29, 1.82) is 0 Å². The number of anilines is 1. The largest absolute Gasteiger partial charge is 0.478 e. The van der Waals surface area contributed by atoms with Crippen LogP contribution in [-0.4, -0.2) is 33.9 Å². The Labute approximate surface area is 154 Å². The molecule has 0 radical (unpaired) electrons. The summed E-state index contributed by atoms with van der Waals surface area (Å²) >= 11 is 11.7. The molecule has 25 heavy (non-hydrogen) atoms. The number of rotatable bonds is 7. The molecule has 6 nitrogen and oxygen atoms in total. The Bertz CT molecular complexity index is 742. The summed E-state index contributed by atoms with van der Waals surface area (Å²) in [4.78, 5) is 33.5. The van der Waals surface area contributed by atoms with E-state index < -0.39 is 22.2 Å². The van der Waals surface area contributed by atoms with Gasteiger partial charge in [-0.25, -0.2) is 9.59 Å². The number of carbonyl (C=O) groups is 3. The fraction of sp³-hybridized carbons (Fsp3) is 0.235. The minimum absolute atomic E-state index is 0.0365. The number of alkyl halides is 2. The van der Waals surface area contributed by atoms with Gasteiger partial charge >= 0.3 is 11.9 Å². The number of carbonyl (C=O) groups excluding carboxylic acids is 2. The number of amides is 1. The quantitative estimate of drug-likeness (QED) is 0.428. The Kier molecular flexibility index (Phi) is 6.22. The molecule has 1 aromatic rings. The van der Waals surface area contributed by atoms with E-state index in [0.717, 1.165) is 12.2 Å². The summed E-state index contributed by atoms with van der Waals surface area (Å²) in [6, 6.07) is 6.67. The number of halogens is 2. The van der Waals surface area contributed by atoms with Crippen molar-refractivity contribution in [3.8, 4) is 0 Å². The average Bonchev–Trinajstić information content (AvgIpc) is 3.16. The molecule has 1 amide bonds. The summed E-state index contributed by atoms with van der Waals surface area (Å²) in [5.41, 5.74) is 1.12. The number of carboxylic acid groups (broad SMARTS) is 1. The predicted molar refractivity (Wildman–Crippen MR) is 94.4 cm³/mol. The number of hydrogen-bond donors (Lipinski definition) is 2. The van der Waals surface area contributed by atoms with Gasteiger partial charge in [0.05, 0.1) is 6.61 Å². The normalized spacial score (nSPS) is 18.2. The van der Waals surface area contributed by atoms with Gasteiger partial charge < -0.3 is 15.2 Å². The lowest BCUT2D eigenvalue weighted by Crippen LogP contribution is -2.08. The van der Waals surface area contributed by atoms with Gasteiger partial charge in [0.25, 0.3) is 0 Å². The molecule has 2 N–H and O–H groups in total. The molecule has 1 fully saturated rings. The van der Waals surface area contributed by atoms with Crippen LogP contribution in [0.5, 0.6) is 0 Å². The van der Waals surface area contributed by atoms with Crippen LogP contribution in [0.15, 0.2) is 42.5 Å². The molecule has 8 heteroatoms. The third-order valence-corrected chi connectivity index (χ3v) is 4.25. The zero-order chi connectivity index (χ0) is 18.4. The number of ether oxygens (including phenoxy) is 1. The van der Waals surface area contributed by atoms with Crippen molar-refractivity contribution in [2.45, 2.75) is 10.8 Å². The first-order valence-electron chi connectivity index (χ1n) is 7.31. The van der Waals surface area contributed by atoms with Gasteiger partial charge in [-0.1, -0.05) is 12.1 Å². The predicted octanol–water partition coefficient (Wildman–Crippen LogP) is 3.02. The third-order valence-electron chi connectivity index (χ3n) is 3.33. The van der Waals surface area contributed by atoms with Gasteiger partial charge in [-0.15, -0.1) is 23.2 Å². The minimum atomic E-state index is -1.21. The molecule has 0 bridgehead atoms. The van der Waals surface area contributed by atoms with E-state index in [1.807, 2.05) is 0 Å². The Hall–Kier alpha value is -2.31. The second kappa shape index (κ2) is 8.18. The molecule has 132 valence electrons. The van der Waals surface area contributed by atoms with Crippen LogP contribution in [0.25, 0.3) is 6.08 Å². The van der Waals surface area contributed by atoms with Crippen molar-refractivity contribution in [2.24, 2.45) is 5.92 Å². The first-order valence-corrected chi connectivity index (χ1v) is 8.06. The molecule has 1 atom stereocenters. The Morgan fingerprint density at radius 2 is 2.00 bits per heavy atom. The van der Waals surface area contributed by atoms with Crippen molar-refractivity contribution in [1.82, 2.24) is 0 Å². The maximum atomic E-state index is 11.6. The fourth-order valence-corrected chi connectivity index (χ4v) is 2.40. The second-order valence-electron chi connectivity index (χ2n) is 5.41. The molecule has 1 aromatic carbocycles. The Morgan fingerprint density at radius 3 is 2.64 bits per heavy atom. The summed E-state index contributed by atoms with van der Waals surface area (Å²) in [5, 5.41) is 11.0. The fourth-order valence-electron chi connectivity index (χ4n) is 1.90. The van der Waals surface area contributed by atoms with Crippen molar-refractivity contribution in [3.63, 3.8) is 0 Å². The first kappa shape index (κ1) is 19.0. The highest BCUT2D eigenvalue weighted by Crippen LogP contribution is 2.53. The minimum Gasteiger partial charge on any atom is -0.478 e. The van der Waals surface area contributed by atoms with E-state index in [1.165, 1.54) is 12.2 Å². The van der Waals surface area contributed by atoms with E-state index in [9.17, 15) is 14.4 Å². The zero-order valence-electron chi connectivity index (χ0n) is 12.9. The average molecular weight is 384 g/mol. The summed E-state index contributed by atoms with van der Waals surface area (Å²) in [6.07, 6.45) is 5.05. The van der Waals surface area contributed by atoms with Crippen molar-refractivity contribution >= 4 is 52.8 Å². The number of hydrogen-bond acceptors (Lipinski definition) is 4. The molecule has 1 saturated carbocycles. The van der Waals surface area contributed by atoms with E-state index in [-0.39, 0.29) is 12.5 Å². The van der Waals surface area contributed by atoms with Crippen LogP contribution in [0.1, 0.15) is 12.0 Å². The van der Waals surface area contributed by atoms with Crippen LogP contribution in [0, 0.1) is 5.92 Å². The second-order valence-corrected chi connectivity index (χ2v) is 6.95. The lowest BCUT2D eigenvalue weighted by molar-refractivity contribution is -0.138. The molecule has 2 rings (SSSR count). The Morgan fingerprint density at radius 1 is 1.28 bits per heavy atom. The summed E-state index contributed by atoms with van der Waals surface area (Å²) in [6.45, 7) is 0.169. The smallest absolute Gasteiger partial charge is 0.330 e. The highest BCUT2D eigenvalue weighted by atomic mass is 35.5. The SMILES string of the molecule is O=C(O)/C=C\C(=O)Nc1cccc(/C=C/C(=O)OCC2CC2(Cl)Cl)c1. The Balaban J connectivity index is 1.86. The first-order chi connectivity index (χ1) is 11.8. The number of esters is 1. The topological polar surface area (TPSA) is 92.7 Å². The molecule has 1 aliphatic rings. The number of benzene rings is 1. The van der Waals surface area contributed by atoms with Gasteiger partial charge in [-0.3, -0.25) is 4.79 Å². The van der Waals surface area contributed by atoms with E-state index in [4.69, 9.17) is 33.0 Å². The van der Waals surface area contributed by atoms with Crippen LogP contribution in [0.2, 0.25) is 0 Å². The van der Waals surface area contributed by atoms with Crippen LogP contribution in [-0.2, 0) is 19.1 Å². The molecule has 0 spiro atoms. The van der Waals surface area contributed by atoms with Crippen LogP contribution in [0.4, 0.5) is 5.69 Å². The van der Waals surface area contributed by atoms with E-state index >= 15 is 0 Å². The number of carboxylic acids is 1. The van der Waals surface area contributed by atoms with Crippen molar-refractivity contribution in [2.75, 3.05) is 11.9 Å². The van der Waals surface area contributed by atoms with Crippen molar-refractivity contribution < 1.29 is 24.2 Å². The molecular weight excluding hydrogens is 369 g/mol. The van der Waals surface area contributed by atoms with Gasteiger partial charge in [-0.2, -0.15) is 0 Å². The third kappa shape index (κ3) is 6.60. The van der Waals surface area contributed by atoms with Crippen molar-refractivity contribution in [3.05, 3.63) is 48.1 Å². The van der Waals surface area contributed by atoms with E-state index in [0.29, 0.717) is 17.7 Å².